The lowest BCUT2D eigenvalue weighted by Crippen LogP contribution is -2.08. The minimum atomic E-state index is -2.49. The van der Waals surface area contributed by atoms with Crippen LogP contribution in [0.25, 0.3) is 0 Å². The van der Waals surface area contributed by atoms with Gasteiger partial charge in [0.1, 0.15) is 6.61 Å². The first kappa shape index (κ1) is 11.2. The first-order valence-corrected chi connectivity index (χ1v) is 4.68. The van der Waals surface area contributed by atoms with Crippen molar-refractivity contribution in [3.8, 4) is 11.5 Å². The summed E-state index contributed by atoms with van der Waals surface area (Å²) in [6.45, 7) is -0.640. The maximum atomic E-state index is 11.9. The van der Waals surface area contributed by atoms with Gasteiger partial charge in [0.2, 0.25) is 0 Å². The Morgan fingerprint density at radius 1 is 1.43 bits per heavy atom. The van der Waals surface area contributed by atoms with Crippen molar-refractivity contribution in [2.24, 2.45) is 0 Å². The normalized spacial score (nSPS) is 10.4. The van der Waals surface area contributed by atoms with Gasteiger partial charge in [-0.25, -0.2) is 8.78 Å². The van der Waals surface area contributed by atoms with Crippen molar-refractivity contribution in [1.29, 1.82) is 0 Å². The Morgan fingerprint density at radius 2 is 2.14 bits per heavy atom. The highest BCUT2D eigenvalue weighted by molar-refractivity contribution is 9.10. The molecule has 0 radical (unpaired) electrons. The van der Waals surface area contributed by atoms with Crippen LogP contribution in [0.5, 0.6) is 11.5 Å². The molecule has 0 amide bonds. The van der Waals surface area contributed by atoms with Gasteiger partial charge in [-0.2, -0.15) is 0 Å². The number of benzene rings is 1. The summed E-state index contributed by atoms with van der Waals surface area (Å²) < 4.78 is 34.3. The van der Waals surface area contributed by atoms with Crippen molar-refractivity contribution in [2.75, 3.05) is 13.7 Å². The van der Waals surface area contributed by atoms with Gasteiger partial charge >= 0.3 is 0 Å². The van der Waals surface area contributed by atoms with E-state index >= 15 is 0 Å². The van der Waals surface area contributed by atoms with Crippen LogP contribution >= 0.6 is 15.9 Å². The van der Waals surface area contributed by atoms with Gasteiger partial charge in [0.05, 0.1) is 11.6 Å². The van der Waals surface area contributed by atoms with Crippen molar-refractivity contribution in [1.82, 2.24) is 0 Å². The molecule has 0 aromatic heterocycles. The van der Waals surface area contributed by atoms with E-state index in [9.17, 15) is 8.78 Å². The zero-order valence-electron chi connectivity index (χ0n) is 7.47. The Labute approximate surface area is 89.0 Å². The highest BCUT2D eigenvalue weighted by Crippen LogP contribution is 2.34. The molecule has 0 aliphatic carbocycles. The van der Waals surface area contributed by atoms with E-state index in [4.69, 9.17) is 9.47 Å². The fourth-order valence-electron chi connectivity index (χ4n) is 0.936. The van der Waals surface area contributed by atoms with Crippen LogP contribution in [0.4, 0.5) is 8.78 Å². The molecule has 0 spiro atoms. The third kappa shape index (κ3) is 2.83. The smallest absolute Gasteiger partial charge is 0.272 e. The van der Waals surface area contributed by atoms with E-state index in [1.54, 1.807) is 18.2 Å². The van der Waals surface area contributed by atoms with Crippen LogP contribution in [-0.4, -0.2) is 20.1 Å². The zero-order valence-corrected chi connectivity index (χ0v) is 9.05. The summed E-state index contributed by atoms with van der Waals surface area (Å²) in [5.41, 5.74) is 0. The van der Waals surface area contributed by atoms with Gasteiger partial charge in [-0.3, -0.25) is 0 Å². The molecule has 14 heavy (non-hydrogen) atoms. The molecule has 0 saturated heterocycles. The fraction of sp³-hybridized carbons (Fsp3) is 0.333. The minimum absolute atomic E-state index is 0.301. The lowest BCUT2D eigenvalue weighted by atomic mass is 10.3. The second-order valence-electron chi connectivity index (χ2n) is 2.47. The van der Waals surface area contributed by atoms with Crippen LogP contribution in [-0.2, 0) is 0 Å². The molecule has 0 atom stereocenters. The number of hydrogen-bond donors (Lipinski definition) is 0. The summed E-state index contributed by atoms with van der Waals surface area (Å²) in [6.07, 6.45) is -2.49. The van der Waals surface area contributed by atoms with Crippen LogP contribution in [0.3, 0.4) is 0 Å². The van der Waals surface area contributed by atoms with Crippen LogP contribution < -0.4 is 9.47 Å². The molecule has 5 heteroatoms. The molecular weight excluding hydrogens is 258 g/mol. The van der Waals surface area contributed by atoms with E-state index in [-0.39, 0.29) is 0 Å². The Bertz CT molecular complexity index is 305. The third-order valence-electron chi connectivity index (χ3n) is 1.50. The maximum absolute atomic E-state index is 11.9. The Balaban J connectivity index is 2.82. The highest BCUT2D eigenvalue weighted by atomic mass is 79.9. The van der Waals surface area contributed by atoms with Gasteiger partial charge in [0.25, 0.3) is 6.43 Å². The van der Waals surface area contributed by atoms with Crippen molar-refractivity contribution < 1.29 is 18.3 Å². The first-order valence-electron chi connectivity index (χ1n) is 3.88. The Morgan fingerprint density at radius 3 is 2.71 bits per heavy atom. The predicted octanol–water partition coefficient (Wildman–Crippen LogP) is 3.10. The summed E-state index contributed by atoms with van der Waals surface area (Å²) >= 11 is 3.19. The molecule has 78 valence electrons. The molecule has 0 aliphatic rings. The molecule has 0 bridgehead atoms. The number of alkyl halides is 2. The number of rotatable bonds is 4. The minimum Gasteiger partial charge on any atom is -0.493 e. The van der Waals surface area contributed by atoms with E-state index in [0.717, 1.165) is 0 Å². The quantitative estimate of drug-likeness (QED) is 0.834. The summed E-state index contributed by atoms with van der Waals surface area (Å²) in [6, 6.07) is 5.08. The van der Waals surface area contributed by atoms with E-state index in [0.29, 0.717) is 16.0 Å². The average molecular weight is 267 g/mol. The maximum Gasteiger partial charge on any atom is 0.272 e. The zero-order chi connectivity index (χ0) is 10.6. The van der Waals surface area contributed by atoms with Crippen molar-refractivity contribution in [3.63, 3.8) is 0 Å². The number of para-hydroxylation sites is 1. The third-order valence-corrected chi connectivity index (χ3v) is 2.13. The molecule has 1 aromatic rings. The molecule has 0 unspecified atom stereocenters. The first-order chi connectivity index (χ1) is 6.65. The van der Waals surface area contributed by atoms with Gasteiger partial charge in [-0.1, -0.05) is 6.07 Å². The molecule has 0 aliphatic heterocycles. The average Bonchev–Trinajstić information content (AvgIpc) is 2.15. The lowest BCUT2D eigenvalue weighted by Gasteiger charge is -2.11. The second kappa shape index (κ2) is 5.14. The van der Waals surface area contributed by atoms with Crippen LogP contribution in [0, 0.1) is 0 Å². The van der Waals surface area contributed by atoms with Crippen molar-refractivity contribution in [3.05, 3.63) is 22.7 Å². The number of methoxy groups -OCH3 is 1. The van der Waals surface area contributed by atoms with Crippen LogP contribution in [0.2, 0.25) is 0 Å². The van der Waals surface area contributed by atoms with Crippen molar-refractivity contribution >= 4 is 15.9 Å². The summed E-state index contributed by atoms with van der Waals surface area (Å²) in [5, 5.41) is 0. The van der Waals surface area contributed by atoms with Crippen LogP contribution in [0.15, 0.2) is 22.7 Å². The SMILES string of the molecule is COc1cccc(Br)c1OCC(F)F. The predicted molar refractivity (Wildman–Crippen MR) is 52.2 cm³/mol. The molecule has 1 aromatic carbocycles. The van der Waals surface area contributed by atoms with Gasteiger partial charge in [0, 0.05) is 0 Å². The number of hydrogen-bond acceptors (Lipinski definition) is 2. The van der Waals surface area contributed by atoms with Gasteiger partial charge in [-0.15, -0.1) is 0 Å². The van der Waals surface area contributed by atoms with E-state index in [1.807, 2.05) is 0 Å². The Kier molecular flexibility index (Phi) is 4.13. The largest absolute Gasteiger partial charge is 0.493 e. The number of ether oxygens (including phenoxy) is 2. The summed E-state index contributed by atoms with van der Waals surface area (Å²) in [4.78, 5) is 0. The molecule has 0 heterocycles. The Hall–Kier alpha value is -0.840. The van der Waals surface area contributed by atoms with Gasteiger partial charge in [0.15, 0.2) is 11.5 Å². The van der Waals surface area contributed by atoms with E-state index in [2.05, 4.69) is 15.9 Å². The van der Waals surface area contributed by atoms with Gasteiger partial charge < -0.3 is 9.47 Å². The molecular formula is C9H9BrF2O2. The van der Waals surface area contributed by atoms with Crippen LogP contribution in [0.1, 0.15) is 0 Å². The molecule has 0 saturated carbocycles. The highest BCUT2D eigenvalue weighted by Gasteiger charge is 2.11. The molecule has 0 fully saturated rings. The number of halogens is 3. The molecule has 2 nitrogen and oxygen atoms in total. The summed E-state index contributed by atoms with van der Waals surface area (Å²) in [5.74, 6) is 0.732. The van der Waals surface area contributed by atoms with E-state index in [1.165, 1.54) is 7.11 Å². The van der Waals surface area contributed by atoms with E-state index < -0.39 is 13.0 Å². The summed E-state index contributed by atoms with van der Waals surface area (Å²) in [7, 11) is 1.46. The van der Waals surface area contributed by atoms with Gasteiger partial charge in [-0.05, 0) is 28.1 Å². The fourth-order valence-corrected chi connectivity index (χ4v) is 1.40. The van der Waals surface area contributed by atoms with Crippen molar-refractivity contribution in [2.45, 2.75) is 6.43 Å². The second-order valence-corrected chi connectivity index (χ2v) is 3.33. The lowest BCUT2D eigenvalue weighted by molar-refractivity contribution is 0.0800. The standard InChI is InChI=1S/C9H9BrF2O2/c1-13-7-4-2-3-6(10)9(7)14-5-8(11)12/h2-4,8H,5H2,1H3. The molecule has 1 rings (SSSR count). The monoisotopic (exact) mass is 266 g/mol. The molecule has 0 N–H and O–H groups in total. The topological polar surface area (TPSA) is 18.5 Å².